The number of aromatic nitrogens is 3. The van der Waals surface area contributed by atoms with E-state index in [0.717, 1.165) is 16.8 Å². The average Bonchev–Trinajstić information content (AvgIpc) is 3.27. The standard InChI is InChI=1S/C24H17FN6O3/c25-18-10-6-16(7-11-18)21-14-20(15-4-2-1-3-5-15)26-24-28-23(29-30(21)24)27-22(32)17-8-12-19(13-9-17)31(33)34/h1-14,21H,(H2,26,27,28,29,32)/t21-/m0/s1. The van der Waals surface area contributed by atoms with Crippen molar-refractivity contribution in [2.24, 2.45) is 0 Å². The molecule has 2 N–H and O–H groups in total. The molecule has 0 radical (unpaired) electrons. The van der Waals surface area contributed by atoms with Crippen LogP contribution in [0.3, 0.4) is 0 Å². The summed E-state index contributed by atoms with van der Waals surface area (Å²) in [6, 6.07) is 20.6. The zero-order valence-corrected chi connectivity index (χ0v) is 17.6. The smallest absolute Gasteiger partial charge is 0.269 e. The Kier molecular flexibility index (Phi) is 5.30. The zero-order chi connectivity index (χ0) is 23.7. The zero-order valence-electron chi connectivity index (χ0n) is 17.6. The molecule has 0 saturated heterocycles. The van der Waals surface area contributed by atoms with Gasteiger partial charge in [-0.25, -0.2) is 9.07 Å². The topological polar surface area (TPSA) is 115 Å². The summed E-state index contributed by atoms with van der Waals surface area (Å²) in [5, 5.41) is 21.1. The summed E-state index contributed by atoms with van der Waals surface area (Å²) in [6.45, 7) is 0. The second-order valence-corrected chi connectivity index (χ2v) is 7.53. The van der Waals surface area contributed by atoms with Gasteiger partial charge in [-0.05, 0) is 41.5 Å². The number of halogens is 1. The third-order valence-corrected chi connectivity index (χ3v) is 5.33. The number of benzene rings is 3. The molecule has 4 aromatic rings. The van der Waals surface area contributed by atoms with Gasteiger partial charge in [0.2, 0.25) is 5.95 Å². The highest BCUT2D eigenvalue weighted by Crippen LogP contribution is 2.33. The highest BCUT2D eigenvalue weighted by atomic mass is 19.1. The first-order chi connectivity index (χ1) is 16.5. The van der Waals surface area contributed by atoms with Crippen molar-refractivity contribution in [3.8, 4) is 0 Å². The lowest BCUT2D eigenvalue weighted by molar-refractivity contribution is -0.384. The second kappa shape index (κ2) is 8.58. The second-order valence-electron chi connectivity index (χ2n) is 7.53. The van der Waals surface area contributed by atoms with Gasteiger partial charge in [0.1, 0.15) is 11.9 Å². The molecule has 1 aliphatic rings. The van der Waals surface area contributed by atoms with Crippen LogP contribution < -0.4 is 10.6 Å². The summed E-state index contributed by atoms with van der Waals surface area (Å²) >= 11 is 0. The molecule has 1 amide bonds. The number of nitro groups is 1. The monoisotopic (exact) mass is 456 g/mol. The van der Waals surface area contributed by atoms with Crippen LogP contribution in [-0.2, 0) is 0 Å². The molecule has 0 spiro atoms. The van der Waals surface area contributed by atoms with E-state index in [-0.39, 0.29) is 23.0 Å². The van der Waals surface area contributed by atoms with E-state index in [9.17, 15) is 19.3 Å². The number of hydrogen-bond donors (Lipinski definition) is 2. The predicted molar refractivity (Wildman–Crippen MR) is 124 cm³/mol. The van der Waals surface area contributed by atoms with E-state index in [2.05, 4.69) is 20.7 Å². The Balaban J connectivity index is 1.46. The maximum Gasteiger partial charge on any atom is 0.269 e. The number of carbonyl (C=O) groups is 1. The van der Waals surface area contributed by atoms with Gasteiger partial charge < -0.3 is 5.32 Å². The number of fused-ring (bicyclic) bond motifs is 1. The van der Waals surface area contributed by atoms with Crippen LogP contribution in [0.1, 0.15) is 27.5 Å². The number of hydrogen-bond acceptors (Lipinski definition) is 6. The van der Waals surface area contributed by atoms with Crippen LogP contribution >= 0.6 is 0 Å². The van der Waals surface area contributed by atoms with Crippen molar-refractivity contribution in [1.29, 1.82) is 0 Å². The SMILES string of the molecule is O=C(Nc1nc2n(n1)[C@H](c1ccc(F)cc1)C=C(c1ccccc1)N2)c1ccc([N+](=O)[O-])cc1. The first-order valence-electron chi connectivity index (χ1n) is 10.3. The predicted octanol–water partition coefficient (Wildman–Crippen LogP) is 4.63. The fourth-order valence-corrected chi connectivity index (χ4v) is 3.64. The van der Waals surface area contributed by atoms with E-state index in [4.69, 9.17) is 0 Å². The molecule has 3 aromatic carbocycles. The number of nitro benzene ring substituents is 1. The quantitative estimate of drug-likeness (QED) is 0.334. The van der Waals surface area contributed by atoms with Gasteiger partial charge >= 0.3 is 0 Å². The Labute approximate surface area is 192 Å². The Hall–Kier alpha value is -4.86. The van der Waals surface area contributed by atoms with Crippen molar-refractivity contribution >= 4 is 29.2 Å². The van der Waals surface area contributed by atoms with Crippen molar-refractivity contribution < 1.29 is 14.1 Å². The van der Waals surface area contributed by atoms with Crippen molar-refractivity contribution in [3.05, 3.63) is 118 Å². The first kappa shape index (κ1) is 21.0. The lowest BCUT2D eigenvalue weighted by Gasteiger charge is -2.24. The number of nitrogens with one attached hydrogen (secondary N) is 2. The molecule has 1 aromatic heterocycles. The van der Waals surface area contributed by atoms with Gasteiger partial charge in [-0.1, -0.05) is 42.5 Å². The summed E-state index contributed by atoms with van der Waals surface area (Å²) in [5.74, 6) is -0.400. The number of rotatable bonds is 5. The number of amides is 1. The average molecular weight is 456 g/mol. The van der Waals surface area contributed by atoms with Crippen LogP contribution in [0.4, 0.5) is 22.0 Å². The van der Waals surface area contributed by atoms with Crippen molar-refractivity contribution in [3.63, 3.8) is 0 Å². The molecule has 0 aliphatic carbocycles. The van der Waals surface area contributed by atoms with Gasteiger partial charge in [-0.2, -0.15) is 4.98 Å². The summed E-state index contributed by atoms with van der Waals surface area (Å²) in [5.41, 5.74) is 2.63. The largest absolute Gasteiger partial charge is 0.324 e. The minimum absolute atomic E-state index is 0.0562. The van der Waals surface area contributed by atoms with Crippen LogP contribution in [0.15, 0.2) is 84.9 Å². The fourth-order valence-electron chi connectivity index (χ4n) is 3.64. The van der Waals surface area contributed by atoms with Crippen LogP contribution in [0.5, 0.6) is 0 Å². The van der Waals surface area contributed by atoms with Gasteiger partial charge in [0, 0.05) is 23.4 Å². The van der Waals surface area contributed by atoms with Gasteiger partial charge in [0.25, 0.3) is 17.5 Å². The maximum absolute atomic E-state index is 13.5. The van der Waals surface area contributed by atoms with Crippen LogP contribution in [-0.4, -0.2) is 25.6 Å². The van der Waals surface area contributed by atoms with E-state index in [1.54, 1.807) is 16.8 Å². The van der Waals surface area contributed by atoms with Crippen LogP contribution in [0, 0.1) is 15.9 Å². The lowest BCUT2D eigenvalue weighted by Crippen LogP contribution is -2.20. The molecule has 1 aliphatic heterocycles. The van der Waals surface area contributed by atoms with Gasteiger partial charge in [0.05, 0.1) is 4.92 Å². The molecule has 168 valence electrons. The van der Waals surface area contributed by atoms with Gasteiger partial charge in [-0.15, -0.1) is 5.10 Å². The Morgan fingerprint density at radius 1 is 1.03 bits per heavy atom. The molecular formula is C24H17FN6O3. The van der Waals surface area contributed by atoms with E-state index in [1.807, 2.05) is 36.4 Å². The molecule has 0 bridgehead atoms. The number of anilines is 2. The Morgan fingerprint density at radius 3 is 2.41 bits per heavy atom. The molecule has 0 unspecified atom stereocenters. The fraction of sp³-hybridized carbons (Fsp3) is 0.0417. The van der Waals surface area contributed by atoms with Gasteiger partial charge in [-0.3, -0.25) is 20.2 Å². The first-order valence-corrected chi connectivity index (χ1v) is 10.3. The Bertz CT molecular complexity index is 1400. The van der Waals surface area contributed by atoms with E-state index >= 15 is 0 Å². The number of non-ortho nitro benzene ring substituents is 1. The molecule has 1 atom stereocenters. The molecule has 2 heterocycles. The number of allylic oxidation sites excluding steroid dienone is 1. The third kappa shape index (κ3) is 4.11. The Morgan fingerprint density at radius 2 is 1.74 bits per heavy atom. The number of nitrogens with zero attached hydrogens (tertiary/aromatic N) is 4. The van der Waals surface area contributed by atoms with Crippen molar-refractivity contribution in [2.45, 2.75) is 6.04 Å². The van der Waals surface area contributed by atoms with Gasteiger partial charge in [0.15, 0.2) is 0 Å². The minimum atomic E-state index is -0.536. The normalized spacial score (nSPS) is 14.5. The molecule has 5 rings (SSSR count). The van der Waals surface area contributed by atoms with E-state index in [1.165, 1.54) is 36.4 Å². The van der Waals surface area contributed by atoms with Crippen LogP contribution in [0.2, 0.25) is 0 Å². The van der Waals surface area contributed by atoms with E-state index in [0.29, 0.717) is 5.95 Å². The highest BCUT2D eigenvalue weighted by Gasteiger charge is 2.26. The molecule has 10 heteroatoms. The highest BCUT2D eigenvalue weighted by molar-refractivity contribution is 6.03. The van der Waals surface area contributed by atoms with Crippen LogP contribution in [0.25, 0.3) is 5.70 Å². The summed E-state index contributed by atoms with van der Waals surface area (Å²) in [7, 11) is 0. The van der Waals surface area contributed by atoms with Crippen molar-refractivity contribution in [1.82, 2.24) is 14.8 Å². The van der Waals surface area contributed by atoms with E-state index < -0.39 is 16.9 Å². The maximum atomic E-state index is 13.5. The molecule has 9 nitrogen and oxygen atoms in total. The molecule has 0 fully saturated rings. The summed E-state index contributed by atoms with van der Waals surface area (Å²) in [4.78, 5) is 27.3. The summed E-state index contributed by atoms with van der Waals surface area (Å²) in [6.07, 6.45) is 1.95. The third-order valence-electron chi connectivity index (χ3n) is 5.33. The minimum Gasteiger partial charge on any atom is -0.324 e. The summed E-state index contributed by atoms with van der Waals surface area (Å²) < 4.78 is 15.1. The molecule has 0 saturated carbocycles. The molecule has 34 heavy (non-hydrogen) atoms. The van der Waals surface area contributed by atoms with Crippen molar-refractivity contribution in [2.75, 3.05) is 10.6 Å². The number of carbonyl (C=O) groups excluding carboxylic acids is 1. The molecular weight excluding hydrogens is 439 g/mol. The lowest BCUT2D eigenvalue weighted by atomic mass is 10.0.